The maximum Gasteiger partial charge on any atom is 0.409 e. The Bertz CT molecular complexity index is 755. The van der Waals surface area contributed by atoms with Gasteiger partial charge in [-0.25, -0.2) is 9.18 Å². The van der Waals surface area contributed by atoms with Gasteiger partial charge in [-0.2, -0.15) is 0 Å². The first kappa shape index (κ1) is 20.3. The molecule has 1 atom stereocenters. The van der Waals surface area contributed by atoms with Crippen molar-refractivity contribution >= 4 is 12.0 Å². The lowest BCUT2D eigenvalue weighted by atomic mass is 10.0. The molecule has 0 spiro atoms. The van der Waals surface area contributed by atoms with E-state index in [2.05, 4.69) is 5.32 Å². The lowest BCUT2D eigenvalue weighted by molar-refractivity contribution is -0.128. The zero-order valence-corrected chi connectivity index (χ0v) is 16.7. The average Bonchev–Trinajstić information content (AvgIpc) is 2.89. The summed E-state index contributed by atoms with van der Waals surface area (Å²) in [4.78, 5) is 28.1. The van der Waals surface area contributed by atoms with E-state index in [1.54, 1.807) is 28.9 Å². The van der Waals surface area contributed by atoms with Crippen molar-refractivity contribution in [2.75, 3.05) is 19.7 Å². The van der Waals surface area contributed by atoms with Gasteiger partial charge in [-0.3, -0.25) is 10.1 Å². The predicted molar refractivity (Wildman–Crippen MR) is 104 cm³/mol. The minimum atomic E-state index is -0.287. The second-order valence-electron chi connectivity index (χ2n) is 7.40. The third-order valence-corrected chi connectivity index (χ3v) is 5.58. The van der Waals surface area contributed by atoms with Crippen LogP contribution in [0, 0.1) is 5.82 Å². The normalized spacial score (nSPS) is 20.9. The largest absolute Gasteiger partial charge is 0.450 e. The van der Waals surface area contributed by atoms with Gasteiger partial charge in [0, 0.05) is 31.2 Å². The first-order valence-corrected chi connectivity index (χ1v) is 9.81. The van der Waals surface area contributed by atoms with E-state index in [1.165, 1.54) is 12.1 Å². The molecule has 2 amide bonds. The fraction of sp³-hybridized carbons (Fsp3) is 0.524. The maximum atomic E-state index is 13.2. The smallest absolute Gasteiger partial charge is 0.409 e. The Balaban J connectivity index is 1.64. The van der Waals surface area contributed by atoms with E-state index in [-0.39, 0.29) is 30.0 Å². The van der Waals surface area contributed by atoms with Crippen molar-refractivity contribution in [1.82, 2.24) is 15.1 Å². The summed E-state index contributed by atoms with van der Waals surface area (Å²) in [6.45, 7) is 7.70. The fourth-order valence-corrected chi connectivity index (χ4v) is 3.77. The molecule has 2 aliphatic rings. The SMILES string of the molecule is CCOC(=O)N1CCC(N[C@@H]2C(C)=C(C)C(=O)N2Cc2ccc(F)cc2)CC1. The van der Waals surface area contributed by atoms with E-state index in [1.807, 2.05) is 13.8 Å². The molecule has 1 saturated heterocycles. The highest BCUT2D eigenvalue weighted by Crippen LogP contribution is 2.27. The standard InChI is InChI=1S/C21H28FN3O3/c1-4-28-21(27)24-11-9-18(10-12-24)23-19-14(2)15(3)20(26)25(19)13-16-5-7-17(22)8-6-16/h5-8,18-19,23H,4,9-13H2,1-3H3/t19-/m0/s1. The molecular weight excluding hydrogens is 361 g/mol. The van der Waals surface area contributed by atoms with Gasteiger partial charge in [-0.15, -0.1) is 0 Å². The monoisotopic (exact) mass is 389 g/mol. The highest BCUT2D eigenvalue weighted by molar-refractivity contribution is 5.96. The molecule has 0 aliphatic carbocycles. The van der Waals surface area contributed by atoms with Crippen LogP contribution in [0.2, 0.25) is 0 Å². The molecule has 28 heavy (non-hydrogen) atoms. The second-order valence-corrected chi connectivity index (χ2v) is 7.40. The van der Waals surface area contributed by atoms with E-state index < -0.39 is 0 Å². The number of ether oxygens (including phenoxy) is 1. The number of nitrogens with one attached hydrogen (secondary N) is 1. The van der Waals surface area contributed by atoms with Gasteiger partial charge in [0.05, 0.1) is 6.61 Å². The van der Waals surface area contributed by atoms with Crippen LogP contribution in [0.25, 0.3) is 0 Å². The van der Waals surface area contributed by atoms with Crippen molar-refractivity contribution in [1.29, 1.82) is 0 Å². The second kappa shape index (κ2) is 8.73. The molecular formula is C21H28FN3O3. The Kier molecular flexibility index (Phi) is 6.34. The van der Waals surface area contributed by atoms with Crippen molar-refractivity contribution in [2.45, 2.75) is 52.4 Å². The Morgan fingerprint density at radius 2 is 1.86 bits per heavy atom. The van der Waals surface area contributed by atoms with Crippen LogP contribution >= 0.6 is 0 Å². The first-order valence-electron chi connectivity index (χ1n) is 9.81. The van der Waals surface area contributed by atoms with E-state index in [4.69, 9.17) is 4.74 Å². The highest BCUT2D eigenvalue weighted by atomic mass is 19.1. The van der Waals surface area contributed by atoms with Crippen LogP contribution in [0.4, 0.5) is 9.18 Å². The molecule has 0 unspecified atom stereocenters. The number of amides is 2. The van der Waals surface area contributed by atoms with Crippen molar-refractivity contribution in [3.8, 4) is 0 Å². The molecule has 1 N–H and O–H groups in total. The van der Waals surface area contributed by atoms with E-state index in [9.17, 15) is 14.0 Å². The number of nitrogens with zero attached hydrogens (tertiary/aromatic N) is 2. The molecule has 0 bridgehead atoms. The van der Waals surface area contributed by atoms with Gasteiger partial charge in [0.15, 0.2) is 0 Å². The number of rotatable bonds is 5. The molecule has 152 valence electrons. The van der Waals surface area contributed by atoms with Crippen molar-refractivity contribution in [3.05, 3.63) is 46.8 Å². The number of benzene rings is 1. The number of halogens is 1. The summed E-state index contributed by atoms with van der Waals surface area (Å²) in [6.07, 6.45) is 1.17. The van der Waals surface area contributed by atoms with Gasteiger partial charge in [-0.1, -0.05) is 12.1 Å². The first-order chi connectivity index (χ1) is 13.4. The maximum absolute atomic E-state index is 13.2. The Hall–Kier alpha value is -2.41. The molecule has 0 saturated carbocycles. The van der Waals surface area contributed by atoms with Crippen LogP contribution < -0.4 is 5.32 Å². The summed E-state index contributed by atoms with van der Waals surface area (Å²) in [6, 6.07) is 6.45. The summed E-state index contributed by atoms with van der Waals surface area (Å²) in [7, 11) is 0. The average molecular weight is 389 g/mol. The Morgan fingerprint density at radius 1 is 1.21 bits per heavy atom. The molecule has 0 radical (unpaired) electrons. The number of piperidine rings is 1. The number of hydrogen-bond acceptors (Lipinski definition) is 4. The van der Waals surface area contributed by atoms with Gasteiger partial charge in [0.25, 0.3) is 5.91 Å². The zero-order valence-electron chi connectivity index (χ0n) is 16.7. The van der Waals surface area contributed by atoms with Crippen LogP contribution in [0.15, 0.2) is 35.4 Å². The molecule has 2 aliphatic heterocycles. The van der Waals surface area contributed by atoms with Gasteiger partial charge in [0.2, 0.25) is 0 Å². The third-order valence-electron chi connectivity index (χ3n) is 5.58. The zero-order chi connectivity index (χ0) is 20.3. The quantitative estimate of drug-likeness (QED) is 0.841. The number of carbonyl (C=O) groups is 2. The summed E-state index contributed by atoms with van der Waals surface area (Å²) in [5, 5.41) is 3.60. The lowest BCUT2D eigenvalue weighted by Crippen LogP contribution is -2.52. The van der Waals surface area contributed by atoms with Crippen molar-refractivity contribution in [3.63, 3.8) is 0 Å². The molecule has 6 nitrogen and oxygen atoms in total. The Morgan fingerprint density at radius 3 is 2.46 bits per heavy atom. The molecule has 0 aromatic heterocycles. The molecule has 1 aromatic rings. The highest BCUT2D eigenvalue weighted by Gasteiger charge is 2.36. The number of carbonyl (C=O) groups excluding carboxylic acids is 2. The van der Waals surface area contributed by atoms with Gasteiger partial charge < -0.3 is 14.5 Å². The molecule has 3 rings (SSSR count). The van der Waals surface area contributed by atoms with Gasteiger partial charge in [0.1, 0.15) is 12.0 Å². The minimum absolute atomic E-state index is 0.00304. The minimum Gasteiger partial charge on any atom is -0.450 e. The van der Waals surface area contributed by atoms with Gasteiger partial charge in [-0.05, 0) is 56.9 Å². The Labute approximate surface area is 165 Å². The topological polar surface area (TPSA) is 61.9 Å². The molecule has 7 heteroatoms. The fourth-order valence-electron chi connectivity index (χ4n) is 3.77. The third kappa shape index (κ3) is 4.35. The number of hydrogen-bond donors (Lipinski definition) is 1. The van der Waals surface area contributed by atoms with Crippen LogP contribution in [-0.2, 0) is 16.1 Å². The van der Waals surface area contributed by atoms with Crippen molar-refractivity contribution in [2.24, 2.45) is 0 Å². The summed E-state index contributed by atoms with van der Waals surface area (Å²) in [5.41, 5.74) is 2.66. The molecule has 1 fully saturated rings. The van der Waals surface area contributed by atoms with E-state index in [0.29, 0.717) is 26.2 Å². The van der Waals surface area contributed by atoms with E-state index in [0.717, 1.165) is 29.6 Å². The van der Waals surface area contributed by atoms with Crippen LogP contribution in [-0.4, -0.2) is 53.7 Å². The molecule has 2 heterocycles. The van der Waals surface area contributed by atoms with Gasteiger partial charge >= 0.3 is 6.09 Å². The van der Waals surface area contributed by atoms with Crippen LogP contribution in [0.3, 0.4) is 0 Å². The predicted octanol–water partition coefficient (Wildman–Crippen LogP) is 3.04. The van der Waals surface area contributed by atoms with Crippen LogP contribution in [0.1, 0.15) is 39.2 Å². The summed E-state index contributed by atoms with van der Waals surface area (Å²) in [5.74, 6) is -0.284. The molecule has 1 aromatic carbocycles. The number of likely N-dealkylation sites (tertiary alicyclic amines) is 1. The summed E-state index contributed by atoms with van der Waals surface area (Å²) >= 11 is 0. The van der Waals surface area contributed by atoms with E-state index >= 15 is 0 Å². The van der Waals surface area contributed by atoms with Crippen molar-refractivity contribution < 1.29 is 18.7 Å². The van der Waals surface area contributed by atoms with Crippen LogP contribution in [0.5, 0.6) is 0 Å². The summed E-state index contributed by atoms with van der Waals surface area (Å²) < 4.78 is 18.3. The lowest BCUT2D eigenvalue weighted by Gasteiger charge is -2.36.